The summed E-state index contributed by atoms with van der Waals surface area (Å²) >= 11 is 0. The van der Waals surface area contributed by atoms with E-state index in [0.717, 1.165) is 29.7 Å². The van der Waals surface area contributed by atoms with E-state index in [-0.39, 0.29) is 23.2 Å². The molecule has 27 heavy (non-hydrogen) atoms. The fourth-order valence-electron chi connectivity index (χ4n) is 3.84. The molecule has 1 fully saturated rings. The highest BCUT2D eigenvalue weighted by Gasteiger charge is 2.34. The number of imidazole rings is 1. The van der Waals surface area contributed by atoms with Gasteiger partial charge in [0.2, 0.25) is 0 Å². The van der Waals surface area contributed by atoms with Crippen molar-refractivity contribution in [3.63, 3.8) is 0 Å². The van der Waals surface area contributed by atoms with Crippen LogP contribution in [-0.4, -0.2) is 37.5 Å². The van der Waals surface area contributed by atoms with Crippen molar-refractivity contribution >= 4 is 27.7 Å². The minimum atomic E-state index is -0.294. The molecule has 134 valence electrons. The van der Waals surface area contributed by atoms with Gasteiger partial charge < -0.3 is 9.88 Å². The summed E-state index contributed by atoms with van der Waals surface area (Å²) in [5.74, 6) is 0.598. The largest absolute Gasteiger partial charge is 0.340 e. The van der Waals surface area contributed by atoms with E-state index >= 15 is 0 Å². The third-order valence-corrected chi connectivity index (χ3v) is 5.14. The molecule has 1 atom stereocenters. The number of rotatable bonds is 2. The Morgan fingerprint density at radius 3 is 2.70 bits per heavy atom. The summed E-state index contributed by atoms with van der Waals surface area (Å²) in [6.45, 7) is 0.635. The molecule has 0 unspecified atom stereocenters. The van der Waals surface area contributed by atoms with Crippen LogP contribution in [0.5, 0.6) is 0 Å². The molecule has 0 aliphatic carbocycles. The molecule has 2 aromatic heterocycles. The number of para-hydroxylation sites is 2. The highest BCUT2D eigenvalue weighted by molar-refractivity contribution is 6.05. The Bertz CT molecular complexity index is 1190. The third-order valence-electron chi connectivity index (χ3n) is 5.14. The molecule has 1 amide bonds. The van der Waals surface area contributed by atoms with Gasteiger partial charge >= 0.3 is 0 Å². The van der Waals surface area contributed by atoms with Crippen LogP contribution in [0.15, 0.2) is 53.3 Å². The Balaban J connectivity index is 1.56. The van der Waals surface area contributed by atoms with Gasteiger partial charge in [0.05, 0.1) is 22.5 Å². The van der Waals surface area contributed by atoms with E-state index in [1.54, 1.807) is 29.2 Å². The number of likely N-dealkylation sites (tertiary alicyclic amines) is 1. The number of aromatic nitrogens is 4. The summed E-state index contributed by atoms with van der Waals surface area (Å²) < 4.78 is 0. The maximum atomic E-state index is 13.3. The lowest BCUT2D eigenvalue weighted by molar-refractivity contribution is 0.0725. The lowest BCUT2D eigenvalue weighted by atomic mass is 10.1. The quantitative estimate of drug-likeness (QED) is 0.575. The number of aromatic amines is 2. The number of amides is 1. The van der Waals surface area contributed by atoms with Crippen molar-refractivity contribution < 1.29 is 4.79 Å². The summed E-state index contributed by atoms with van der Waals surface area (Å²) in [6, 6.07) is 14.7. The van der Waals surface area contributed by atoms with Gasteiger partial charge in [-0.2, -0.15) is 5.10 Å². The molecule has 0 radical (unpaired) electrons. The zero-order valence-corrected chi connectivity index (χ0v) is 14.5. The minimum Gasteiger partial charge on any atom is -0.340 e. The van der Waals surface area contributed by atoms with E-state index in [2.05, 4.69) is 20.2 Å². The van der Waals surface area contributed by atoms with Crippen LogP contribution in [-0.2, 0) is 0 Å². The van der Waals surface area contributed by atoms with E-state index in [1.807, 2.05) is 24.3 Å². The predicted molar refractivity (Wildman–Crippen MR) is 101 cm³/mol. The lowest BCUT2D eigenvalue weighted by Crippen LogP contribution is -2.32. The number of nitrogens with one attached hydrogen (secondary N) is 2. The van der Waals surface area contributed by atoms with Crippen molar-refractivity contribution in [2.75, 3.05) is 6.54 Å². The van der Waals surface area contributed by atoms with Gasteiger partial charge in [0.25, 0.3) is 11.5 Å². The first-order chi connectivity index (χ1) is 13.2. The van der Waals surface area contributed by atoms with Crippen LogP contribution < -0.4 is 5.56 Å². The van der Waals surface area contributed by atoms with Crippen LogP contribution in [0.25, 0.3) is 21.8 Å². The summed E-state index contributed by atoms with van der Waals surface area (Å²) in [6.07, 6.45) is 1.74. The Hall–Kier alpha value is -3.48. The van der Waals surface area contributed by atoms with E-state index in [9.17, 15) is 9.59 Å². The van der Waals surface area contributed by atoms with Gasteiger partial charge in [0.15, 0.2) is 5.69 Å². The van der Waals surface area contributed by atoms with E-state index < -0.39 is 0 Å². The Morgan fingerprint density at radius 1 is 1.07 bits per heavy atom. The molecule has 4 aromatic rings. The van der Waals surface area contributed by atoms with Crippen LogP contribution in [0.3, 0.4) is 0 Å². The molecule has 0 bridgehead atoms. The van der Waals surface area contributed by atoms with Crippen LogP contribution in [0.4, 0.5) is 0 Å². The van der Waals surface area contributed by atoms with Crippen molar-refractivity contribution in [1.29, 1.82) is 0 Å². The maximum Gasteiger partial charge on any atom is 0.275 e. The molecular weight excluding hydrogens is 342 g/mol. The average Bonchev–Trinajstić information content (AvgIpc) is 3.34. The monoisotopic (exact) mass is 359 g/mol. The molecular formula is C20H17N5O2. The number of nitrogens with zero attached hydrogens (tertiary/aromatic N) is 3. The molecule has 0 spiro atoms. The fraction of sp³-hybridized carbons (Fsp3) is 0.200. The number of fused-ring (bicyclic) bond motifs is 2. The van der Waals surface area contributed by atoms with E-state index in [1.165, 1.54) is 0 Å². The molecule has 7 heteroatoms. The number of carbonyl (C=O) groups excluding carboxylic acids is 1. The summed E-state index contributed by atoms with van der Waals surface area (Å²) in [7, 11) is 0. The first kappa shape index (κ1) is 15.7. The second kappa shape index (κ2) is 6.05. The molecule has 0 saturated carbocycles. The number of benzene rings is 2. The van der Waals surface area contributed by atoms with Gasteiger partial charge in [-0.3, -0.25) is 9.59 Å². The Labute approximate surface area is 154 Å². The molecule has 3 heterocycles. The number of H-pyrrole nitrogens is 2. The summed E-state index contributed by atoms with van der Waals surface area (Å²) in [4.78, 5) is 35.1. The second-order valence-corrected chi connectivity index (χ2v) is 6.74. The zero-order valence-electron chi connectivity index (χ0n) is 14.5. The maximum absolute atomic E-state index is 13.3. The average molecular weight is 359 g/mol. The van der Waals surface area contributed by atoms with Gasteiger partial charge in [-0.05, 0) is 31.0 Å². The van der Waals surface area contributed by atoms with Gasteiger partial charge in [0.1, 0.15) is 5.82 Å². The van der Waals surface area contributed by atoms with E-state index in [0.29, 0.717) is 17.3 Å². The minimum absolute atomic E-state index is 0.127. The molecule has 2 N–H and O–H groups in total. The number of hydrogen-bond acceptors (Lipinski definition) is 4. The summed E-state index contributed by atoms with van der Waals surface area (Å²) in [5.41, 5.74) is 1.82. The molecule has 1 aliphatic rings. The zero-order chi connectivity index (χ0) is 18.4. The van der Waals surface area contributed by atoms with E-state index in [4.69, 9.17) is 0 Å². The first-order valence-electron chi connectivity index (χ1n) is 8.95. The van der Waals surface area contributed by atoms with Gasteiger partial charge in [-0.1, -0.05) is 30.3 Å². The van der Waals surface area contributed by atoms with Crippen LogP contribution >= 0.6 is 0 Å². The Morgan fingerprint density at radius 2 is 1.85 bits per heavy atom. The second-order valence-electron chi connectivity index (χ2n) is 6.74. The molecule has 5 rings (SSSR count). The molecule has 1 saturated heterocycles. The van der Waals surface area contributed by atoms with Crippen LogP contribution in [0.1, 0.15) is 35.2 Å². The normalized spacial score (nSPS) is 17.0. The van der Waals surface area contributed by atoms with Crippen molar-refractivity contribution in [3.8, 4) is 0 Å². The van der Waals surface area contributed by atoms with Crippen molar-refractivity contribution in [2.24, 2.45) is 0 Å². The molecule has 7 nitrogen and oxygen atoms in total. The summed E-state index contributed by atoms with van der Waals surface area (Å²) in [5, 5.41) is 7.55. The molecule has 2 aromatic carbocycles. The predicted octanol–water partition coefficient (Wildman–Crippen LogP) is 2.78. The first-order valence-corrected chi connectivity index (χ1v) is 8.95. The van der Waals surface area contributed by atoms with Crippen LogP contribution in [0.2, 0.25) is 0 Å². The standard InChI is InChI=1S/C20H17N5O2/c26-19-13-7-2-1-6-12(13)17(23-24-19)20(27)25-11-5-10-16(25)18-21-14-8-3-4-9-15(14)22-18/h1-4,6-9,16H,5,10-11H2,(H,21,22)(H,24,26)/t16-/m1/s1. The van der Waals surface area contributed by atoms with Crippen LogP contribution in [0, 0.1) is 0 Å². The van der Waals surface area contributed by atoms with Gasteiger partial charge in [-0.15, -0.1) is 0 Å². The van der Waals surface area contributed by atoms with Gasteiger partial charge in [-0.25, -0.2) is 10.1 Å². The van der Waals surface area contributed by atoms with Crippen molar-refractivity contribution in [1.82, 2.24) is 25.1 Å². The smallest absolute Gasteiger partial charge is 0.275 e. The van der Waals surface area contributed by atoms with Crippen molar-refractivity contribution in [2.45, 2.75) is 18.9 Å². The highest BCUT2D eigenvalue weighted by Crippen LogP contribution is 2.33. The highest BCUT2D eigenvalue weighted by atomic mass is 16.2. The number of carbonyl (C=O) groups is 1. The van der Waals surface area contributed by atoms with Gasteiger partial charge in [0, 0.05) is 11.9 Å². The molecule has 1 aliphatic heterocycles. The number of hydrogen-bond donors (Lipinski definition) is 2. The Kier molecular flexibility index (Phi) is 3.53. The fourth-order valence-corrected chi connectivity index (χ4v) is 3.84. The topological polar surface area (TPSA) is 94.7 Å². The lowest BCUT2D eigenvalue weighted by Gasteiger charge is -2.23. The third kappa shape index (κ3) is 2.51. The van der Waals surface area contributed by atoms with Crippen molar-refractivity contribution in [3.05, 3.63) is 70.4 Å². The SMILES string of the molecule is O=C(c1n[nH]c(=O)c2ccccc12)N1CCC[C@@H]1c1nc2ccccc2[nH]1.